The van der Waals surface area contributed by atoms with Gasteiger partial charge in [0.2, 0.25) is 5.88 Å². The highest BCUT2D eigenvalue weighted by molar-refractivity contribution is 5.49. The third kappa shape index (κ3) is 0.926. The monoisotopic (exact) mass is 150 g/mol. The molecule has 0 aromatic carbocycles. The number of rotatable bonds is 0. The number of nitrogens with two attached hydrogens (primary N) is 1. The Kier molecular flexibility index (Phi) is 1.24. The van der Waals surface area contributed by atoms with E-state index in [0.29, 0.717) is 0 Å². The summed E-state index contributed by atoms with van der Waals surface area (Å²) in [4.78, 5) is 4.21. The first-order valence-electron chi connectivity index (χ1n) is 3.66. The molecule has 2 heterocycles. The van der Waals surface area contributed by atoms with Crippen LogP contribution in [0.4, 0.5) is 5.69 Å². The number of ether oxygens (including phenoxy) is 1. The van der Waals surface area contributed by atoms with Crippen molar-refractivity contribution in [3.05, 3.63) is 17.3 Å². The smallest absolute Gasteiger partial charge is 0.217 e. The van der Waals surface area contributed by atoms with E-state index in [2.05, 4.69) is 4.98 Å². The molecule has 0 spiro atoms. The number of fused-ring (bicyclic) bond motifs is 1. The van der Waals surface area contributed by atoms with Gasteiger partial charge >= 0.3 is 0 Å². The van der Waals surface area contributed by atoms with Gasteiger partial charge < -0.3 is 10.5 Å². The van der Waals surface area contributed by atoms with Gasteiger partial charge in [-0.15, -0.1) is 0 Å². The fourth-order valence-electron chi connectivity index (χ4n) is 1.20. The van der Waals surface area contributed by atoms with Crippen molar-refractivity contribution in [3.8, 4) is 5.88 Å². The summed E-state index contributed by atoms with van der Waals surface area (Å²) in [7, 11) is 0. The summed E-state index contributed by atoms with van der Waals surface area (Å²) in [6.07, 6.45) is 0.937. The second-order valence-electron chi connectivity index (χ2n) is 2.73. The van der Waals surface area contributed by atoms with Gasteiger partial charge in [-0.2, -0.15) is 0 Å². The maximum Gasteiger partial charge on any atom is 0.217 e. The summed E-state index contributed by atoms with van der Waals surface area (Å²) in [6.45, 7) is 2.63. The van der Waals surface area contributed by atoms with Gasteiger partial charge in [0.25, 0.3) is 0 Å². The van der Waals surface area contributed by atoms with Crippen LogP contribution in [-0.4, -0.2) is 11.6 Å². The SMILES string of the molecule is Cc1nc2c(cc1N)CCO2. The molecule has 0 amide bonds. The average molecular weight is 150 g/mol. The molecular weight excluding hydrogens is 140 g/mol. The molecule has 0 bridgehead atoms. The van der Waals surface area contributed by atoms with E-state index < -0.39 is 0 Å². The second kappa shape index (κ2) is 2.12. The van der Waals surface area contributed by atoms with Crippen molar-refractivity contribution in [2.24, 2.45) is 0 Å². The molecule has 1 aromatic heterocycles. The Morgan fingerprint density at radius 2 is 2.45 bits per heavy atom. The van der Waals surface area contributed by atoms with Crippen LogP contribution in [0.25, 0.3) is 0 Å². The molecule has 0 unspecified atom stereocenters. The number of anilines is 1. The lowest BCUT2D eigenvalue weighted by molar-refractivity contribution is 0.344. The molecule has 58 valence electrons. The highest BCUT2D eigenvalue weighted by atomic mass is 16.5. The lowest BCUT2D eigenvalue weighted by Gasteiger charge is -2.01. The Balaban J connectivity index is 2.57. The minimum Gasteiger partial charge on any atom is -0.477 e. The molecule has 1 aliphatic rings. The van der Waals surface area contributed by atoms with E-state index in [-0.39, 0.29) is 0 Å². The van der Waals surface area contributed by atoms with E-state index in [9.17, 15) is 0 Å². The molecule has 0 fully saturated rings. The molecule has 2 rings (SSSR count). The number of hydrogen-bond acceptors (Lipinski definition) is 3. The van der Waals surface area contributed by atoms with Crippen molar-refractivity contribution in [3.63, 3.8) is 0 Å². The van der Waals surface area contributed by atoms with Crippen molar-refractivity contribution in [1.29, 1.82) is 0 Å². The van der Waals surface area contributed by atoms with E-state index in [1.165, 1.54) is 0 Å². The molecule has 3 nitrogen and oxygen atoms in total. The fourth-order valence-corrected chi connectivity index (χ4v) is 1.20. The van der Waals surface area contributed by atoms with Crippen LogP contribution >= 0.6 is 0 Å². The first-order chi connectivity index (χ1) is 5.27. The topological polar surface area (TPSA) is 48.1 Å². The Morgan fingerprint density at radius 1 is 1.64 bits per heavy atom. The maximum atomic E-state index is 5.67. The van der Waals surface area contributed by atoms with Gasteiger partial charge in [0.05, 0.1) is 18.0 Å². The summed E-state index contributed by atoms with van der Waals surface area (Å²) < 4.78 is 5.27. The summed E-state index contributed by atoms with van der Waals surface area (Å²) in [5, 5.41) is 0. The second-order valence-corrected chi connectivity index (χ2v) is 2.73. The Labute approximate surface area is 65.2 Å². The Morgan fingerprint density at radius 3 is 3.27 bits per heavy atom. The van der Waals surface area contributed by atoms with E-state index in [0.717, 1.165) is 35.9 Å². The van der Waals surface area contributed by atoms with Crippen LogP contribution < -0.4 is 10.5 Å². The molecule has 11 heavy (non-hydrogen) atoms. The van der Waals surface area contributed by atoms with Crippen molar-refractivity contribution in [1.82, 2.24) is 4.98 Å². The van der Waals surface area contributed by atoms with E-state index in [1.54, 1.807) is 0 Å². The molecule has 0 saturated carbocycles. The minimum atomic E-state index is 0.741. The predicted octanol–water partition coefficient (Wildman–Crippen LogP) is 0.907. The maximum absolute atomic E-state index is 5.67. The van der Waals surface area contributed by atoms with E-state index in [1.807, 2.05) is 13.0 Å². The van der Waals surface area contributed by atoms with Crippen LogP contribution in [0, 0.1) is 6.92 Å². The highest BCUT2D eigenvalue weighted by Gasteiger charge is 2.14. The molecule has 3 heteroatoms. The van der Waals surface area contributed by atoms with Crippen LogP contribution in [0.1, 0.15) is 11.3 Å². The van der Waals surface area contributed by atoms with Gasteiger partial charge in [-0.25, -0.2) is 4.98 Å². The first kappa shape index (κ1) is 6.46. The predicted molar refractivity (Wildman–Crippen MR) is 42.6 cm³/mol. The van der Waals surface area contributed by atoms with E-state index >= 15 is 0 Å². The molecule has 2 N–H and O–H groups in total. The number of aryl methyl sites for hydroxylation is 1. The Hall–Kier alpha value is -1.25. The third-order valence-corrected chi connectivity index (χ3v) is 1.90. The molecule has 0 saturated heterocycles. The quantitative estimate of drug-likeness (QED) is 0.598. The van der Waals surface area contributed by atoms with Gasteiger partial charge in [-0.3, -0.25) is 0 Å². The lowest BCUT2D eigenvalue weighted by Crippen LogP contribution is -1.94. The van der Waals surface area contributed by atoms with Gasteiger partial charge in [0.1, 0.15) is 0 Å². The van der Waals surface area contributed by atoms with Crippen molar-refractivity contribution in [2.75, 3.05) is 12.3 Å². The fraction of sp³-hybridized carbons (Fsp3) is 0.375. The number of hydrogen-bond donors (Lipinski definition) is 1. The number of aromatic nitrogens is 1. The van der Waals surface area contributed by atoms with Crippen LogP contribution in [0.2, 0.25) is 0 Å². The molecule has 1 aliphatic heterocycles. The largest absolute Gasteiger partial charge is 0.477 e. The average Bonchev–Trinajstić information content (AvgIpc) is 2.36. The van der Waals surface area contributed by atoms with Crippen LogP contribution in [0.15, 0.2) is 6.07 Å². The van der Waals surface area contributed by atoms with Crippen molar-refractivity contribution >= 4 is 5.69 Å². The van der Waals surface area contributed by atoms with Crippen LogP contribution in [-0.2, 0) is 6.42 Å². The number of pyridine rings is 1. The summed E-state index contributed by atoms with van der Waals surface area (Å²) >= 11 is 0. The summed E-state index contributed by atoms with van der Waals surface area (Å²) in [5.41, 5.74) is 8.42. The molecule has 0 aliphatic carbocycles. The summed E-state index contributed by atoms with van der Waals surface area (Å²) in [6, 6.07) is 1.95. The molecule has 0 atom stereocenters. The zero-order valence-corrected chi connectivity index (χ0v) is 6.42. The first-order valence-corrected chi connectivity index (χ1v) is 3.66. The zero-order chi connectivity index (χ0) is 7.84. The molecule has 1 aromatic rings. The number of nitrogens with zero attached hydrogens (tertiary/aromatic N) is 1. The standard InChI is InChI=1S/C8H10N2O/c1-5-7(9)4-6-2-3-11-8(6)10-5/h4H,2-3,9H2,1H3. The lowest BCUT2D eigenvalue weighted by atomic mass is 10.2. The van der Waals surface area contributed by atoms with Crippen LogP contribution in [0.5, 0.6) is 5.88 Å². The van der Waals surface area contributed by atoms with Crippen molar-refractivity contribution in [2.45, 2.75) is 13.3 Å². The molecule has 0 radical (unpaired) electrons. The van der Waals surface area contributed by atoms with E-state index in [4.69, 9.17) is 10.5 Å². The highest BCUT2D eigenvalue weighted by Crippen LogP contribution is 2.25. The Bertz CT molecular complexity index is 267. The third-order valence-electron chi connectivity index (χ3n) is 1.90. The zero-order valence-electron chi connectivity index (χ0n) is 6.42. The normalized spacial score (nSPS) is 14.3. The van der Waals surface area contributed by atoms with Crippen molar-refractivity contribution < 1.29 is 4.74 Å². The minimum absolute atomic E-state index is 0.741. The number of nitrogen functional groups attached to an aromatic ring is 1. The van der Waals surface area contributed by atoms with Gasteiger partial charge in [0.15, 0.2) is 0 Å². The van der Waals surface area contributed by atoms with Gasteiger partial charge in [-0.1, -0.05) is 0 Å². The summed E-state index contributed by atoms with van der Waals surface area (Å²) in [5.74, 6) is 0.761. The van der Waals surface area contributed by atoms with Gasteiger partial charge in [0, 0.05) is 12.0 Å². The molecular formula is C8H10N2O. The van der Waals surface area contributed by atoms with Crippen LogP contribution in [0.3, 0.4) is 0 Å². The van der Waals surface area contributed by atoms with Gasteiger partial charge in [-0.05, 0) is 13.0 Å².